The number of carbonyl (C=O) groups is 1. The highest BCUT2D eigenvalue weighted by Crippen LogP contribution is 2.44. The first-order chi connectivity index (χ1) is 16.6. The number of hydrogen-bond donors (Lipinski definition) is 0. The van der Waals surface area contributed by atoms with E-state index in [2.05, 4.69) is 36.9 Å². The molecule has 0 atom stereocenters. The standard InChI is InChI=1S/C28H27N3O2S/c1-3-5-19-30-23(27(32)31(28(30)34)21-12-7-6-8-13-21)16-18-25-29(4-2)26-22-14-10-9-11-20(22)15-17-24(26)33-25/h6-18H,3-5,19H2,1-2H3/b23-16-,25-18+. The van der Waals surface area contributed by atoms with Crippen LogP contribution in [-0.4, -0.2) is 29.0 Å². The molecule has 0 unspecified atom stereocenters. The molecule has 0 radical (unpaired) electrons. The van der Waals surface area contributed by atoms with E-state index in [9.17, 15) is 4.79 Å². The van der Waals surface area contributed by atoms with Gasteiger partial charge in [-0.2, -0.15) is 0 Å². The summed E-state index contributed by atoms with van der Waals surface area (Å²) in [5.74, 6) is 1.41. The van der Waals surface area contributed by atoms with Crippen molar-refractivity contribution in [3.8, 4) is 5.75 Å². The highest BCUT2D eigenvalue weighted by Gasteiger charge is 2.38. The molecular formula is C28H27N3O2S. The first-order valence-electron chi connectivity index (χ1n) is 11.7. The Labute approximate surface area is 205 Å². The summed E-state index contributed by atoms with van der Waals surface area (Å²) < 4.78 is 6.23. The zero-order valence-electron chi connectivity index (χ0n) is 19.4. The minimum absolute atomic E-state index is 0.117. The van der Waals surface area contributed by atoms with Crippen molar-refractivity contribution in [2.45, 2.75) is 26.7 Å². The minimum Gasteiger partial charge on any atom is -0.439 e. The van der Waals surface area contributed by atoms with Gasteiger partial charge in [-0.15, -0.1) is 0 Å². The van der Waals surface area contributed by atoms with E-state index in [4.69, 9.17) is 17.0 Å². The largest absolute Gasteiger partial charge is 0.439 e. The van der Waals surface area contributed by atoms with Crippen LogP contribution in [-0.2, 0) is 4.79 Å². The van der Waals surface area contributed by atoms with Crippen LogP contribution in [0.1, 0.15) is 26.7 Å². The summed E-state index contributed by atoms with van der Waals surface area (Å²) >= 11 is 5.74. The normalized spacial score (nSPS) is 17.9. The Kier molecular flexibility index (Phi) is 6.07. The van der Waals surface area contributed by atoms with Crippen molar-refractivity contribution < 1.29 is 9.53 Å². The van der Waals surface area contributed by atoms with Crippen LogP contribution < -0.4 is 14.5 Å². The SMILES string of the molecule is CCCCN1C(=S)N(c2ccccc2)C(=O)/C1=C/C=C1/Oc2ccc3ccccc3c2N1CC. The average Bonchev–Trinajstić information content (AvgIpc) is 3.35. The van der Waals surface area contributed by atoms with Gasteiger partial charge in [0.25, 0.3) is 5.91 Å². The zero-order valence-corrected chi connectivity index (χ0v) is 20.2. The summed E-state index contributed by atoms with van der Waals surface area (Å²) in [6.07, 6.45) is 5.70. The number of nitrogens with zero attached hydrogens (tertiary/aromatic N) is 3. The van der Waals surface area contributed by atoms with Gasteiger partial charge in [0.15, 0.2) is 10.9 Å². The van der Waals surface area contributed by atoms with E-state index in [1.165, 1.54) is 5.39 Å². The quantitative estimate of drug-likeness (QED) is 0.316. The maximum absolute atomic E-state index is 13.5. The van der Waals surface area contributed by atoms with Crippen molar-refractivity contribution >= 4 is 45.4 Å². The van der Waals surface area contributed by atoms with E-state index in [-0.39, 0.29) is 5.91 Å². The second kappa shape index (κ2) is 9.31. The summed E-state index contributed by atoms with van der Waals surface area (Å²) in [4.78, 5) is 19.2. The van der Waals surface area contributed by atoms with Gasteiger partial charge in [-0.1, -0.05) is 61.9 Å². The third kappa shape index (κ3) is 3.74. The molecule has 0 aliphatic carbocycles. The van der Waals surface area contributed by atoms with Gasteiger partial charge in [0.2, 0.25) is 5.88 Å². The molecule has 34 heavy (non-hydrogen) atoms. The molecule has 6 heteroatoms. The van der Waals surface area contributed by atoms with Crippen molar-refractivity contribution in [2.24, 2.45) is 0 Å². The number of anilines is 2. The molecule has 172 valence electrons. The highest BCUT2D eigenvalue weighted by molar-refractivity contribution is 7.80. The molecule has 2 aliphatic heterocycles. The molecule has 3 aromatic carbocycles. The molecule has 5 nitrogen and oxygen atoms in total. The topological polar surface area (TPSA) is 36.0 Å². The van der Waals surface area contributed by atoms with Crippen LogP contribution in [0, 0.1) is 0 Å². The van der Waals surface area contributed by atoms with Gasteiger partial charge in [-0.3, -0.25) is 9.69 Å². The van der Waals surface area contributed by atoms with Crippen LogP contribution in [0.2, 0.25) is 0 Å². The summed E-state index contributed by atoms with van der Waals surface area (Å²) in [7, 11) is 0. The molecule has 1 saturated heterocycles. The van der Waals surface area contributed by atoms with E-state index in [0.717, 1.165) is 41.9 Å². The predicted octanol–water partition coefficient (Wildman–Crippen LogP) is 6.22. The van der Waals surface area contributed by atoms with Crippen LogP contribution in [0.5, 0.6) is 5.75 Å². The Balaban J connectivity index is 1.53. The van der Waals surface area contributed by atoms with Gasteiger partial charge in [0.05, 0.1) is 11.4 Å². The second-order valence-corrected chi connectivity index (χ2v) is 8.67. The number of thiocarbonyl (C=S) groups is 1. The Morgan fingerprint density at radius 2 is 1.68 bits per heavy atom. The molecule has 5 rings (SSSR count). The fraction of sp³-hybridized carbons (Fsp3) is 0.214. The lowest BCUT2D eigenvalue weighted by molar-refractivity contribution is -0.114. The van der Waals surface area contributed by atoms with Crippen LogP contribution in [0.3, 0.4) is 0 Å². The third-order valence-electron chi connectivity index (χ3n) is 6.20. The predicted molar refractivity (Wildman–Crippen MR) is 142 cm³/mol. The monoisotopic (exact) mass is 469 g/mol. The number of para-hydroxylation sites is 1. The summed E-state index contributed by atoms with van der Waals surface area (Å²) in [6.45, 7) is 5.68. The van der Waals surface area contributed by atoms with Gasteiger partial charge in [-0.05, 0) is 55.2 Å². The van der Waals surface area contributed by atoms with Crippen LogP contribution >= 0.6 is 12.2 Å². The first kappa shape index (κ1) is 22.2. The van der Waals surface area contributed by atoms with Crippen molar-refractivity contribution in [1.29, 1.82) is 0 Å². The second-order valence-electron chi connectivity index (χ2n) is 8.30. The smallest absolute Gasteiger partial charge is 0.281 e. The third-order valence-corrected chi connectivity index (χ3v) is 6.60. The van der Waals surface area contributed by atoms with E-state index >= 15 is 0 Å². The van der Waals surface area contributed by atoms with Crippen LogP contribution in [0.15, 0.2) is 90.5 Å². The molecule has 2 aliphatic rings. The highest BCUT2D eigenvalue weighted by atomic mass is 32.1. The molecule has 0 saturated carbocycles. The molecule has 2 heterocycles. The molecule has 3 aromatic rings. The Hall–Kier alpha value is -3.64. The fourth-order valence-corrected chi connectivity index (χ4v) is 4.88. The Morgan fingerprint density at radius 1 is 0.912 bits per heavy atom. The lowest BCUT2D eigenvalue weighted by atomic mass is 10.1. The number of rotatable bonds is 6. The molecule has 0 spiro atoms. The summed E-state index contributed by atoms with van der Waals surface area (Å²) in [6, 6.07) is 22.0. The molecule has 0 N–H and O–H groups in total. The summed E-state index contributed by atoms with van der Waals surface area (Å²) in [5.41, 5.74) is 2.41. The number of allylic oxidation sites excluding steroid dienone is 2. The number of amides is 1. The number of ether oxygens (including phenoxy) is 1. The van der Waals surface area contributed by atoms with Crippen LogP contribution in [0.25, 0.3) is 10.8 Å². The van der Waals surface area contributed by atoms with Crippen molar-refractivity contribution in [1.82, 2.24) is 4.90 Å². The average molecular weight is 470 g/mol. The lowest BCUT2D eigenvalue weighted by Gasteiger charge is -2.20. The van der Waals surface area contributed by atoms with Crippen LogP contribution in [0.4, 0.5) is 11.4 Å². The maximum Gasteiger partial charge on any atom is 0.281 e. The lowest BCUT2D eigenvalue weighted by Crippen LogP contribution is -2.33. The van der Waals surface area contributed by atoms with Gasteiger partial charge in [0, 0.05) is 24.6 Å². The van der Waals surface area contributed by atoms with Gasteiger partial charge in [0.1, 0.15) is 5.70 Å². The number of unbranched alkanes of at least 4 members (excludes halogenated alkanes) is 1. The first-order valence-corrected chi connectivity index (χ1v) is 12.1. The zero-order chi connectivity index (χ0) is 23.7. The van der Waals surface area contributed by atoms with Crippen molar-refractivity contribution in [3.63, 3.8) is 0 Å². The molecule has 1 fully saturated rings. The van der Waals surface area contributed by atoms with E-state index in [0.29, 0.717) is 23.2 Å². The summed E-state index contributed by atoms with van der Waals surface area (Å²) in [5, 5.41) is 2.84. The van der Waals surface area contributed by atoms with Gasteiger partial charge >= 0.3 is 0 Å². The van der Waals surface area contributed by atoms with Gasteiger partial charge < -0.3 is 14.5 Å². The molecule has 0 bridgehead atoms. The number of benzene rings is 3. The maximum atomic E-state index is 13.5. The minimum atomic E-state index is -0.117. The molecular weight excluding hydrogens is 442 g/mol. The Morgan fingerprint density at radius 3 is 2.44 bits per heavy atom. The van der Waals surface area contributed by atoms with Crippen molar-refractivity contribution in [2.75, 3.05) is 22.9 Å². The van der Waals surface area contributed by atoms with Crippen molar-refractivity contribution in [3.05, 3.63) is 90.5 Å². The number of carbonyl (C=O) groups excluding carboxylic acids is 1. The number of hydrogen-bond acceptors (Lipinski definition) is 4. The van der Waals surface area contributed by atoms with Gasteiger partial charge in [-0.25, -0.2) is 0 Å². The van der Waals surface area contributed by atoms with E-state index < -0.39 is 0 Å². The van der Waals surface area contributed by atoms with E-state index in [1.54, 1.807) is 4.90 Å². The molecule has 0 aromatic heterocycles. The Bertz CT molecular complexity index is 1320. The fourth-order valence-electron chi connectivity index (χ4n) is 4.50. The van der Waals surface area contributed by atoms with E-state index in [1.807, 2.05) is 65.6 Å². The number of fused-ring (bicyclic) bond motifs is 3. The molecule has 1 amide bonds.